The van der Waals surface area contributed by atoms with E-state index in [4.69, 9.17) is 28.3 Å². The SMILES string of the molecule is O=C(O)[C@@H]1CCCN1CCCCc1ccc(Cl)c(Cl)c1. The van der Waals surface area contributed by atoms with Gasteiger partial charge in [0.05, 0.1) is 10.0 Å². The summed E-state index contributed by atoms with van der Waals surface area (Å²) in [7, 11) is 0. The van der Waals surface area contributed by atoms with Crippen molar-refractivity contribution in [2.24, 2.45) is 0 Å². The molecule has 1 atom stereocenters. The molecule has 20 heavy (non-hydrogen) atoms. The largest absolute Gasteiger partial charge is 0.480 e. The topological polar surface area (TPSA) is 40.5 Å². The lowest BCUT2D eigenvalue weighted by Crippen LogP contribution is -2.36. The Morgan fingerprint density at radius 3 is 2.80 bits per heavy atom. The van der Waals surface area contributed by atoms with Gasteiger partial charge in [0, 0.05) is 0 Å². The summed E-state index contributed by atoms with van der Waals surface area (Å²) < 4.78 is 0. The van der Waals surface area contributed by atoms with Crippen LogP contribution in [-0.4, -0.2) is 35.1 Å². The zero-order valence-corrected chi connectivity index (χ0v) is 12.8. The number of unbranched alkanes of at least 4 members (excludes halogenated alkanes) is 1. The fourth-order valence-electron chi connectivity index (χ4n) is 2.71. The second-order valence-corrected chi connectivity index (χ2v) is 6.05. The predicted octanol–water partition coefficient (Wildman–Crippen LogP) is 3.87. The lowest BCUT2D eigenvalue weighted by molar-refractivity contribution is -0.142. The molecular formula is C15H19Cl2NO2. The fraction of sp³-hybridized carbons (Fsp3) is 0.533. The van der Waals surface area contributed by atoms with Crippen molar-refractivity contribution in [1.82, 2.24) is 4.90 Å². The van der Waals surface area contributed by atoms with Crippen molar-refractivity contribution in [2.75, 3.05) is 13.1 Å². The lowest BCUT2D eigenvalue weighted by atomic mass is 10.1. The molecule has 5 heteroatoms. The summed E-state index contributed by atoms with van der Waals surface area (Å²) in [6.45, 7) is 1.77. The molecule has 0 spiro atoms. The van der Waals surface area contributed by atoms with E-state index in [-0.39, 0.29) is 6.04 Å². The molecule has 1 aliphatic rings. The van der Waals surface area contributed by atoms with Crippen LogP contribution < -0.4 is 0 Å². The summed E-state index contributed by atoms with van der Waals surface area (Å²) in [5, 5.41) is 10.3. The van der Waals surface area contributed by atoms with E-state index in [0.717, 1.165) is 45.2 Å². The summed E-state index contributed by atoms with van der Waals surface area (Å²) in [5.74, 6) is -0.688. The zero-order valence-electron chi connectivity index (χ0n) is 11.3. The summed E-state index contributed by atoms with van der Waals surface area (Å²) in [5.41, 5.74) is 1.18. The normalized spacial score (nSPS) is 19.4. The van der Waals surface area contributed by atoms with Gasteiger partial charge in [-0.25, -0.2) is 0 Å². The molecular weight excluding hydrogens is 297 g/mol. The average Bonchev–Trinajstić information content (AvgIpc) is 2.87. The van der Waals surface area contributed by atoms with Crippen molar-refractivity contribution in [1.29, 1.82) is 0 Å². The number of carboxylic acids is 1. The first-order chi connectivity index (χ1) is 9.58. The van der Waals surface area contributed by atoms with Crippen LogP contribution in [0.2, 0.25) is 10.0 Å². The minimum absolute atomic E-state index is 0.278. The van der Waals surface area contributed by atoms with Gasteiger partial charge in [0.15, 0.2) is 0 Å². The predicted molar refractivity (Wildman–Crippen MR) is 81.6 cm³/mol. The van der Waals surface area contributed by atoms with Gasteiger partial charge >= 0.3 is 5.97 Å². The first-order valence-electron chi connectivity index (χ1n) is 6.98. The molecule has 3 nitrogen and oxygen atoms in total. The van der Waals surface area contributed by atoms with Crippen LogP contribution in [0.5, 0.6) is 0 Å². The Balaban J connectivity index is 1.73. The monoisotopic (exact) mass is 315 g/mol. The third kappa shape index (κ3) is 4.11. The van der Waals surface area contributed by atoms with Crippen LogP contribution in [0.25, 0.3) is 0 Å². The third-order valence-corrected chi connectivity index (χ3v) is 4.53. The van der Waals surface area contributed by atoms with Crippen molar-refractivity contribution < 1.29 is 9.90 Å². The highest BCUT2D eigenvalue weighted by molar-refractivity contribution is 6.42. The number of nitrogens with zero attached hydrogens (tertiary/aromatic N) is 1. The molecule has 2 rings (SSSR count). The number of hydrogen-bond donors (Lipinski definition) is 1. The fourth-order valence-corrected chi connectivity index (χ4v) is 3.03. The van der Waals surface area contributed by atoms with Crippen LogP contribution >= 0.6 is 23.2 Å². The molecule has 0 saturated carbocycles. The molecule has 0 unspecified atom stereocenters. The van der Waals surface area contributed by atoms with Gasteiger partial charge in [-0.15, -0.1) is 0 Å². The Labute approximate surface area is 129 Å². The number of aryl methyl sites for hydroxylation is 1. The number of hydrogen-bond acceptors (Lipinski definition) is 2. The van der Waals surface area contributed by atoms with Crippen LogP contribution in [0.15, 0.2) is 18.2 Å². The maximum absolute atomic E-state index is 11.1. The van der Waals surface area contributed by atoms with Crippen molar-refractivity contribution in [3.63, 3.8) is 0 Å². The van der Waals surface area contributed by atoms with Crippen molar-refractivity contribution in [3.05, 3.63) is 33.8 Å². The number of benzene rings is 1. The molecule has 1 N–H and O–H groups in total. The second-order valence-electron chi connectivity index (χ2n) is 5.24. The second kappa shape index (κ2) is 7.30. The number of aliphatic carboxylic acids is 1. The molecule has 1 aromatic carbocycles. The van der Waals surface area contributed by atoms with Crippen LogP contribution in [0.1, 0.15) is 31.2 Å². The van der Waals surface area contributed by atoms with E-state index in [9.17, 15) is 4.79 Å². The smallest absolute Gasteiger partial charge is 0.320 e. The molecule has 1 saturated heterocycles. The molecule has 0 aliphatic carbocycles. The maximum Gasteiger partial charge on any atom is 0.320 e. The van der Waals surface area contributed by atoms with Gasteiger partial charge in [0.2, 0.25) is 0 Å². The van der Waals surface area contributed by atoms with Crippen molar-refractivity contribution >= 4 is 29.2 Å². The van der Waals surface area contributed by atoms with Gasteiger partial charge in [0.25, 0.3) is 0 Å². The quantitative estimate of drug-likeness (QED) is 0.810. The van der Waals surface area contributed by atoms with Crippen LogP contribution in [-0.2, 0) is 11.2 Å². The molecule has 1 fully saturated rings. The van der Waals surface area contributed by atoms with Gasteiger partial charge in [-0.3, -0.25) is 9.69 Å². The van der Waals surface area contributed by atoms with E-state index in [1.165, 1.54) is 5.56 Å². The summed E-state index contributed by atoms with van der Waals surface area (Å²) >= 11 is 11.9. The molecule has 110 valence electrons. The van der Waals surface area contributed by atoms with E-state index in [2.05, 4.69) is 4.90 Å². The zero-order chi connectivity index (χ0) is 14.5. The highest BCUT2D eigenvalue weighted by Gasteiger charge is 2.29. The first-order valence-corrected chi connectivity index (χ1v) is 7.74. The van der Waals surface area contributed by atoms with Crippen molar-refractivity contribution in [2.45, 2.75) is 38.1 Å². The molecule has 0 amide bonds. The standard InChI is InChI=1S/C15H19Cl2NO2/c16-12-7-6-11(10-13(12)17)4-1-2-8-18-9-3-5-14(18)15(19)20/h6-7,10,14H,1-5,8-9H2,(H,19,20)/t14-/m0/s1. The lowest BCUT2D eigenvalue weighted by Gasteiger charge is -2.20. The number of halogens is 2. The summed E-state index contributed by atoms with van der Waals surface area (Å²) in [6.07, 6.45) is 4.75. The van der Waals surface area contributed by atoms with E-state index in [0.29, 0.717) is 10.0 Å². The Morgan fingerprint density at radius 2 is 2.10 bits per heavy atom. The Kier molecular flexibility index (Phi) is 5.70. The van der Waals surface area contributed by atoms with E-state index < -0.39 is 5.97 Å². The molecule has 0 aromatic heterocycles. The molecule has 1 aromatic rings. The molecule has 1 aliphatic heterocycles. The van der Waals surface area contributed by atoms with Crippen LogP contribution in [0, 0.1) is 0 Å². The number of carboxylic acid groups (broad SMARTS) is 1. The Bertz CT molecular complexity index is 479. The molecule has 0 radical (unpaired) electrons. The van der Waals surface area contributed by atoms with Gasteiger partial charge < -0.3 is 5.11 Å². The first kappa shape index (κ1) is 15.6. The van der Waals surface area contributed by atoms with Gasteiger partial charge in [-0.2, -0.15) is 0 Å². The van der Waals surface area contributed by atoms with E-state index >= 15 is 0 Å². The number of likely N-dealkylation sites (tertiary alicyclic amines) is 1. The van der Waals surface area contributed by atoms with Crippen LogP contribution in [0.3, 0.4) is 0 Å². The number of rotatable bonds is 6. The Morgan fingerprint density at radius 1 is 1.30 bits per heavy atom. The van der Waals surface area contributed by atoms with Crippen molar-refractivity contribution in [3.8, 4) is 0 Å². The van der Waals surface area contributed by atoms with E-state index in [1.807, 2.05) is 18.2 Å². The molecule has 1 heterocycles. The van der Waals surface area contributed by atoms with Gasteiger partial charge in [0.1, 0.15) is 6.04 Å². The maximum atomic E-state index is 11.1. The minimum Gasteiger partial charge on any atom is -0.480 e. The third-order valence-electron chi connectivity index (χ3n) is 3.79. The summed E-state index contributed by atoms with van der Waals surface area (Å²) in [4.78, 5) is 13.1. The minimum atomic E-state index is -0.688. The molecule has 0 bridgehead atoms. The van der Waals surface area contributed by atoms with Gasteiger partial charge in [-0.05, 0) is 62.9 Å². The van der Waals surface area contributed by atoms with Gasteiger partial charge in [-0.1, -0.05) is 29.3 Å². The van der Waals surface area contributed by atoms with Crippen LogP contribution in [0.4, 0.5) is 0 Å². The summed E-state index contributed by atoms with van der Waals surface area (Å²) in [6, 6.07) is 5.43. The Hall–Kier alpha value is -0.770. The highest BCUT2D eigenvalue weighted by Crippen LogP contribution is 2.23. The highest BCUT2D eigenvalue weighted by atomic mass is 35.5. The average molecular weight is 316 g/mol. The van der Waals surface area contributed by atoms with E-state index in [1.54, 1.807) is 0 Å². The number of carbonyl (C=O) groups is 1.